The second kappa shape index (κ2) is 23.6. The molecule has 0 saturated carbocycles. The van der Waals surface area contributed by atoms with Crippen LogP contribution >= 0.6 is 34.2 Å². The highest BCUT2D eigenvalue weighted by atomic mass is 32.1. The molecular weight excluding hydrogens is 922 g/mol. The Hall–Kier alpha value is -4.52. The molecule has 5 aromatic rings. The average Bonchev–Trinajstić information content (AvgIpc) is 4.02. The molecule has 1 aliphatic heterocycles. The number of azo groups is 1. The number of nitrogens with zero attached hydrogens (tertiary/aromatic N) is 11. The van der Waals surface area contributed by atoms with Gasteiger partial charge < -0.3 is 9.15 Å². The molecule has 0 saturated heterocycles. The lowest BCUT2D eigenvalue weighted by Crippen LogP contribution is -2.26. The lowest BCUT2D eigenvalue weighted by atomic mass is 10.1. The number of alkyl halides is 9. The Morgan fingerprint density at radius 3 is 1.66 bits per heavy atom. The minimum Gasteiger partial charge on any atom is -0.438 e. The van der Waals surface area contributed by atoms with Crippen LogP contribution in [0.25, 0.3) is 0 Å². The van der Waals surface area contributed by atoms with Gasteiger partial charge in [-0.3, -0.25) is 4.98 Å². The molecule has 13 nitrogen and oxygen atoms in total. The number of aryl methyl sites for hydroxylation is 1. The molecule has 0 radical (unpaired) electrons. The highest BCUT2D eigenvalue weighted by Gasteiger charge is 2.38. The lowest BCUT2D eigenvalue weighted by molar-refractivity contribution is -0.661. The first-order valence-corrected chi connectivity index (χ1v) is 22.0. The second-order valence-corrected chi connectivity index (χ2v) is 19.1. The summed E-state index contributed by atoms with van der Waals surface area (Å²) in [7, 11) is 0. The monoisotopic (exact) mass is 974 g/mol. The summed E-state index contributed by atoms with van der Waals surface area (Å²) in [6, 6.07) is 4.10. The van der Waals surface area contributed by atoms with Crippen molar-refractivity contribution < 1.29 is 53.5 Å². The van der Waals surface area contributed by atoms with Crippen LogP contribution in [-0.4, -0.2) is 51.0 Å². The van der Waals surface area contributed by atoms with E-state index in [0.29, 0.717) is 56.2 Å². The van der Waals surface area contributed by atoms with Gasteiger partial charge in [0.05, 0.1) is 17.0 Å². The quantitative estimate of drug-likeness (QED) is 0.115. The normalized spacial score (nSPS) is 14.1. The topological polar surface area (TPSA) is 153 Å². The van der Waals surface area contributed by atoms with Gasteiger partial charge in [-0.05, 0) is 67.2 Å². The van der Waals surface area contributed by atoms with Crippen LogP contribution in [0.3, 0.4) is 0 Å². The molecule has 64 heavy (non-hydrogen) atoms. The van der Waals surface area contributed by atoms with Gasteiger partial charge in [0.2, 0.25) is 5.01 Å². The Morgan fingerprint density at radius 1 is 0.703 bits per heavy atom. The van der Waals surface area contributed by atoms with Crippen LogP contribution in [0.4, 0.5) is 39.5 Å². The summed E-state index contributed by atoms with van der Waals surface area (Å²) in [6.45, 7) is 27.2. The molecule has 0 aliphatic carbocycles. The first kappa shape index (κ1) is 55.6. The maximum absolute atomic E-state index is 12.0. The van der Waals surface area contributed by atoms with Crippen LogP contribution in [0, 0.1) is 12.8 Å². The van der Waals surface area contributed by atoms with E-state index in [2.05, 4.69) is 103 Å². The molecule has 6 rings (SSSR count). The summed E-state index contributed by atoms with van der Waals surface area (Å²) in [5, 5.41) is 18.7. The molecule has 1 atom stereocenters. The van der Waals surface area contributed by atoms with E-state index in [0.717, 1.165) is 16.9 Å². The number of halogens is 9. The largest absolute Gasteiger partial charge is 0.468 e. The molecule has 0 amide bonds. The Morgan fingerprint density at radius 2 is 1.31 bits per heavy atom. The maximum atomic E-state index is 12.0. The fraction of sp³-hybridized carbons (Fsp3) is 0.615. The van der Waals surface area contributed by atoms with Gasteiger partial charge in [0.25, 0.3) is 6.17 Å². The first-order chi connectivity index (χ1) is 29.3. The summed E-state index contributed by atoms with van der Waals surface area (Å²) < 4.78 is 122. The van der Waals surface area contributed by atoms with Crippen LogP contribution in [0.1, 0.15) is 156 Å². The van der Waals surface area contributed by atoms with Gasteiger partial charge >= 0.3 is 30.4 Å². The molecule has 356 valence electrons. The van der Waals surface area contributed by atoms with E-state index in [9.17, 15) is 39.5 Å². The molecular formula is C39H53F9N11O2S3+. The second-order valence-electron chi connectivity index (χ2n) is 16.2. The molecule has 0 spiro atoms. The highest BCUT2D eigenvalue weighted by molar-refractivity contribution is 7.12. The van der Waals surface area contributed by atoms with Crippen molar-refractivity contribution >= 4 is 34.2 Å². The Balaban J connectivity index is 0.000000277. The molecule has 1 unspecified atom stereocenters. The Labute approximate surface area is 377 Å². The van der Waals surface area contributed by atoms with Crippen LogP contribution in [0.2, 0.25) is 0 Å². The zero-order chi connectivity index (χ0) is 49.0. The third-order valence-corrected chi connectivity index (χ3v) is 11.2. The summed E-state index contributed by atoms with van der Waals surface area (Å²) >= 11 is 2.69. The number of hydrogen-bond donors (Lipinski definition) is 0. The minimum atomic E-state index is -4.48. The third-order valence-electron chi connectivity index (χ3n) is 7.60. The number of oxazole rings is 1. The number of thiazole rings is 1. The van der Waals surface area contributed by atoms with Gasteiger partial charge in [-0.15, -0.1) is 25.9 Å². The predicted molar refractivity (Wildman–Crippen MR) is 225 cm³/mol. The van der Waals surface area contributed by atoms with E-state index >= 15 is 0 Å². The van der Waals surface area contributed by atoms with Crippen LogP contribution in [-0.2, 0) is 18.5 Å². The molecule has 0 bridgehead atoms. The Bertz CT molecular complexity index is 2080. The van der Waals surface area contributed by atoms with Gasteiger partial charge in [0.15, 0.2) is 16.0 Å². The van der Waals surface area contributed by atoms with Crippen molar-refractivity contribution in [2.45, 2.75) is 151 Å². The number of pyridine rings is 1. The molecule has 0 aromatic carbocycles. The van der Waals surface area contributed by atoms with Gasteiger partial charge in [-0.2, -0.15) is 44.5 Å². The number of rotatable bonds is 7. The van der Waals surface area contributed by atoms with Crippen LogP contribution < -0.4 is 4.74 Å². The van der Waals surface area contributed by atoms with Crippen molar-refractivity contribution in [3.63, 3.8) is 0 Å². The van der Waals surface area contributed by atoms with Crippen molar-refractivity contribution in [1.29, 1.82) is 0 Å². The minimum absolute atomic E-state index is 0.00130. The molecule has 1 aliphatic rings. The number of aromatic nitrogens is 7. The van der Waals surface area contributed by atoms with E-state index < -0.39 is 34.4 Å². The molecule has 6 heterocycles. The fourth-order valence-electron chi connectivity index (χ4n) is 3.96. The van der Waals surface area contributed by atoms with E-state index in [1.807, 2.05) is 32.9 Å². The zero-order valence-corrected chi connectivity index (χ0v) is 40.2. The van der Waals surface area contributed by atoms with Gasteiger partial charge in [0.1, 0.15) is 21.3 Å². The SMILES string of the molecule is CC(C)C1N=N[N+](C(C)(C)C)=N1.CC(C)c1cnc(C(F)(F)F)o1.CC(C)c1cnc(C(F)(F)F)s1.CC(C)c1nnc(C(F)(F)F)s1.Cc1ncccc1Oc1nsc(C(C)C)n1. The highest BCUT2D eigenvalue weighted by Crippen LogP contribution is 2.35. The molecule has 0 fully saturated rings. The maximum Gasteiger partial charge on any atom is 0.468 e. The molecule has 0 N–H and O–H groups in total. The van der Waals surface area contributed by atoms with Crippen molar-refractivity contribution in [2.75, 3.05) is 0 Å². The van der Waals surface area contributed by atoms with Crippen molar-refractivity contribution in [2.24, 2.45) is 21.4 Å². The van der Waals surface area contributed by atoms with Gasteiger partial charge in [-0.25, -0.2) is 9.97 Å². The van der Waals surface area contributed by atoms with E-state index in [1.165, 1.54) is 17.7 Å². The van der Waals surface area contributed by atoms with E-state index in [4.69, 9.17) is 4.74 Å². The van der Waals surface area contributed by atoms with Crippen LogP contribution in [0.5, 0.6) is 11.8 Å². The van der Waals surface area contributed by atoms with E-state index in [1.54, 1.807) is 38.7 Å². The average molecular weight is 975 g/mol. The lowest BCUT2D eigenvalue weighted by Gasteiger charge is -2.09. The Kier molecular flexibility index (Phi) is 20.5. The summed E-state index contributed by atoms with van der Waals surface area (Å²) in [5.74, 6) is 0.626. The van der Waals surface area contributed by atoms with Crippen LogP contribution in [0.15, 0.2) is 50.6 Å². The summed E-state index contributed by atoms with van der Waals surface area (Å²) in [5.41, 5.74) is 0.788. The smallest absolute Gasteiger partial charge is 0.438 e. The molecule has 5 aromatic heterocycles. The zero-order valence-electron chi connectivity index (χ0n) is 37.7. The first-order valence-electron chi connectivity index (χ1n) is 19.6. The standard InChI is InChI=1S/C11H13N3OS.C8H17N4.C7H8F3NO.C7H8F3NS.C6H7F3N2S/c1-7(2)10-13-11(14-16-10)15-9-5-4-6-12-8(9)3;1-6(2)7-9-11-12(10-7)8(3,4)5;2*1-4(2)5-3-11-6(12-5)7(8,9)10;1-3(2)4-10-11-5(12-4)6(7,8)9/h4-7H,1-3H3;6-7H,1-5H3;2*3-4H,1-2H3;3H,1-2H3/q;+1;;;. The van der Waals surface area contributed by atoms with Crippen molar-refractivity contribution in [1.82, 2.24) is 34.5 Å². The molecule has 25 heteroatoms. The van der Waals surface area contributed by atoms with Gasteiger partial charge in [-0.1, -0.05) is 80.6 Å². The van der Waals surface area contributed by atoms with Gasteiger partial charge in [0, 0.05) is 40.9 Å². The number of ether oxygens (including phenoxy) is 1. The van der Waals surface area contributed by atoms with E-state index in [-0.39, 0.29) is 35.2 Å². The van der Waals surface area contributed by atoms with Crippen molar-refractivity contribution in [3.8, 4) is 11.8 Å². The predicted octanol–water partition coefficient (Wildman–Crippen LogP) is 14.6. The number of hydrogen-bond acceptors (Lipinski definition) is 15. The summed E-state index contributed by atoms with van der Waals surface area (Å²) in [6.07, 6.45) is -8.98. The fourth-order valence-corrected chi connectivity index (χ4v) is 6.04. The van der Waals surface area contributed by atoms with Crippen molar-refractivity contribution in [3.05, 3.63) is 73.0 Å². The summed E-state index contributed by atoms with van der Waals surface area (Å²) in [4.78, 5) is 17.2. The third kappa shape index (κ3) is 18.5.